The second kappa shape index (κ2) is 5.03. The molecule has 0 atom stereocenters. The predicted molar refractivity (Wildman–Crippen MR) is 50.1 cm³/mol. The molecule has 0 aliphatic carbocycles. The lowest BCUT2D eigenvalue weighted by molar-refractivity contribution is 0.881. The summed E-state index contributed by atoms with van der Waals surface area (Å²) in [6.45, 7) is 3.85. The molecule has 0 bridgehead atoms. The number of hydrogen-bond acceptors (Lipinski definition) is 3. The number of nitrogens with one attached hydrogen (secondary N) is 1. The molecule has 4 nitrogen and oxygen atoms in total. The summed E-state index contributed by atoms with van der Waals surface area (Å²) in [6.07, 6.45) is 0. The van der Waals surface area contributed by atoms with Crippen LogP contribution in [0, 0.1) is 13.8 Å². The fraction of sp³-hybridized carbons (Fsp3) is 0.222. The minimum absolute atomic E-state index is 0.676. The van der Waals surface area contributed by atoms with Crippen molar-refractivity contribution in [3.05, 3.63) is 41.7 Å². The van der Waals surface area contributed by atoms with E-state index in [0.29, 0.717) is 5.82 Å². The van der Waals surface area contributed by atoms with Gasteiger partial charge in [0.1, 0.15) is 0 Å². The molecule has 1 heterocycles. The summed E-state index contributed by atoms with van der Waals surface area (Å²) in [7, 11) is 0. The van der Waals surface area contributed by atoms with Crippen LogP contribution >= 0.6 is 0 Å². The van der Waals surface area contributed by atoms with E-state index in [1.165, 1.54) is 5.56 Å². The molecule has 1 aromatic carbocycles. The van der Waals surface area contributed by atoms with Crippen LogP contribution in [-0.4, -0.2) is 20.6 Å². The molecule has 1 N–H and O–H groups in total. The van der Waals surface area contributed by atoms with Gasteiger partial charge in [0.25, 0.3) is 0 Å². The molecule has 0 fully saturated rings. The Bertz CT molecular complexity index is 315. The van der Waals surface area contributed by atoms with E-state index in [1.54, 1.807) is 6.92 Å². The lowest BCUT2D eigenvalue weighted by Gasteiger charge is -1.82. The van der Waals surface area contributed by atoms with Crippen molar-refractivity contribution in [3.63, 3.8) is 0 Å². The molecule has 0 unspecified atom stereocenters. The van der Waals surface area contributed by atoms with Gasteiger partial charge in [-0.15, -0.1) is 10.2 Å². The highest BCUT2D eigenvalue weighted by Gasteiger charge is 1.78. The van der Waals surface area contributed by atoms with Crippen molar-refractivity contribution in [2.75, 3.05) is 0 Å². The summed E-state index contributed by atoms with van der Waals surface area (Å²) in [5.74, 6) is 0.676. The Morgan fingerprint density at radius 2 is 1.77 bits per heavy atom. The first kappa shape index (κ1) is 9.38. The molecule has 68 valence electrons. The Kier molecular flexibility index (Phi) is 3.63. The molecule has 0 amide bonds. The normalized spacial score (nSPS) is 8.77. The molecular formula is C9H12N4. The summed E-state index contributed by atoms with van der Waals surface area (Å²) in [5, 5.41) is 12.7. The van der Waals surface area contributed by atoms with Crippen LogP contribution in [0.4, 0.5) is 0 Å². The number of H-pyrrole nitrogens is 1. The maximum absolute atomic E-state index is 3.57. The summed E-state index contributed by atoms with van der Waals surface area (Å²) < 4.78 is 0. The number of nitrogens with zero attached hydrogens (tertiary/aromatic N) is 3. The number of tetrazole rings is 1. The number of hydrogen-bond donors (Lipinski definition) is 1. The van der Waals surface area contributed by atoms with Crippen molar-refractivity contribution in [3.8, 4) is 0 Å². The Labute approximate surface area is 77.0 Å². The van der Waals surface area contributed by atoms with Crippen LogP contribution < -0.4 is 0 Å². The van der Waals surface area contributed by atoms with Crippen molar-refractivity contribution in [1.29, 1.82) is 0 Å². The van der Waals surface area contributed by atoms with Gasteiger partial charge in [0.05, 0.1) is 0 Å². The summed E-state index contributed by atoms with van der Waals surface area (Å²) in [6, 6.07) is 10.3. The zero-order valence-corrected chi connectivity index (χ0v) is 7.73. The van der Waals surface area contributed by atoms with Gasteiger partial charge in [-0.3, -0.25) is 0 Å². The van der Waals surface area contributed by atoms with Gasteiger partial charge < -0.3 is 0 Å². The average Bonchev–Trinajstić information content (AvgIpc) is 2.58. The maximum atomic E-state index is 3.57. The highest BCUT2D eigenvalue weighted by molar-refractivity contribution is 5.11. The Morgan fingerprint density at radius 1 is 1.08 bits per heavy atom. The largest absolute Gasteiger partial charge is 0.177 e. The molecule has 4 heteroatoms. The van der Waals surface area contributed by atoms with Crippen molar-refractivity contribution < 1.29 is 0 Å². The molecule has 0 spiro atoms. The quantitative estimate of drug-likeness (QED) is 0.661. The number of rotatable bonds is 0. The van der Waals surface area contributed by atoms with Crippen molar-refractivity contribution >= 4 is 0 Å². The SMILES string of the molecule is Cc1ccccc1.Cc1nn[nH]n1. The van der Waals surface area contributed by atoms with Gasteiger partial charge in [-0.1, -0.05) is 41.1 Å². The summed E-state index contributed by atoms with van der Waals surface area (Å²) in [5.41, 5.74) is 1.32. The highest BCUT2D eigenvalue weighted by Crippen LogP contribution is 1.92. The molecule has 0 saturated heterocycles. The zero-order valence-electron chi connectivity index (χ0n) is 7.73. The topological polar surface area (TPSA) is 54.5 Å². The van der Waals surface area contributed by atoms with Crippen LogP contribution in [0.15, 0.2) is 30.3 Å². The maximum Gasteiger partial charge on any atom is 0.171 e. The first-order valence-electron chi connectivity index (χ1n) is 4.01. The molecular weight excluding hydrogens is 164 g/mol. The smallest absolute Gasteiger partial charge is 0.171 e. The Morgan fingerprint density at radius 3 is 2.00 bits per heavy atom. The van der Waals surface area contributed by atoms with Gasteiger partial charge in [-0.05, 0) is 13.8 Å². The van der Waals surface area contributed by atoms with E-state index in [9.17, 15) is 0 Å². The minimum Gasteiger partial charge on any atom is -0.177 e. The van der Waals surface area contributed by atoms with E-state index in [0.717, 1.165) is 0 Å². The van der Waals surface area contributed by atoms with Crippen LogP contribution in [0.3, 0.4) is 0 Å². The fourth-order valence-corrected chi connectivity index (χ4v) is 0.746. The van der Waals surface area contributed by atoms with Gasteiger partial charge >= 0.3 is 0 Å². The van der Waals surface area contributed by atoms with E-state index in [-0.39, 0.29) is 0 Å². The van der Waals surface area contributed by atoms with Crippen molar-refractivity contribution in [2.24, 2.45) is 0 Å². The van der Waals surface area contributed by atoms with Crippen LogP contribution in [0.5, 0.6) is 0 Å². The third kappa shape index (κ3) is 4.00. The van der Waals surface area contributed by atoms with E-state index in [4.69, 9.17) is 0 Å². The summed E-state index contributed by atoms with van der Waals surface area (Å²) in [4.78, 5) is 0. The first-order valence-corrected chi connectivity index (χ1v) is 4.01. The van der Waals surface area contributed by atoms with E-state index >= 15 is 0 Å². The van der Waals surface area contributed by atoms with Crippen LogP contribution in [0.1, 0.15) is 11.4 Å². The molecule has 2 aromatic rings. The Hall–Kier alpha value is -1.71. The molecule has 1 aromatic heterocycles. The van der Waals surface area contributed by atoms with Crippen LogP contribution in [-0.2, 0) is 0 Å². The number of aromatic nitrogens is 4. The standard InChI is InChI=1S/C7H8.C2H4N4/c1-7-5-3-2-4-6-7;1-2-3-5-6-4-2/h2-6H,1H3;1H3,(H,3,4,5,6). The van der Waals surface area contributed by atoms with E-state index in [2.05, 4.69) is 39.7 Å². The molecule has 0 aliphatic heterocycles. The van der Waals surface area contributed by atoms with E-state index < -0.39 is 0 Å². The third-order valence-corrected chi connectivity index (χ3v) is 1.39. The Balaban J connectivity index is 0.000000132. The average molecular weight is 176 g/mol. The monoisotopic (exact) mass is 176 g/mol. The van der Waals surface area contributed by atoms with Crippen molar-refractivity contribution in [1.82, 2.24) is 20.6 Å². The van der Waals surface area contributed by atoms with Crippen LogP contribution in [0.25, 0.3) is 0 Å². The molecule has 0 aliphatic rings. The number of benzene rings is 1. The fourth-order valence-electron chi connectivity index (χ4n) is 0.746. The van der Waals surface area contributed by atoms with Crippen molar-refractivity contribution in [2.45, 2.75) is 13.8 Å². The van der Waals surface area contributed by atoms with Gasteiger partial charge in [-0.25, -0.2) is 0 Å². The van der Waals surface area contributed by atoms with Crippen LogP contribution in [0.2, 0.25) is 0 Å². The highest BCUT2D eigenvalue weighted by atomic mass is 15.5. The van der Waals surface area contributed by atoms with E-state index in [1.807, 2.05) is 18.2 Å². The molecule has 13 heavy (non-hydrogen) atoms. The van der Waals surface area contributed by atoms with Gasteiger partial charge in [0.2, 0.25) is 0 Å². The number of aromatic amines is 1. The minimum atomic E-state index is 0.676. The lowest BCUT2D eigenvalue weighted by atomic mass is 10.2. The second-order valence-electron chi connectivity index (χ2n) is 2.61. The summed E-state index contributed by atoms with van der Waals surface area (Å²) >= 11 is 0. The molecule has 2 rings (SSSR count). The lowest BCUT2D eigenvalue weighted by Crippen LogP contribution is -1.69. The second-order valence-corrected chi connectivity index (χ2v) is 2.61. The first-order chi connectivity index (χ1) is 6.29. The molecule has 0 saturated carbocycles. The molecule has 0 radical (unpaired) electrons. The third-order valence-electron chi connectivity index (χ3n) is 1.39. The van der Waals surface area contributed by atoms with Gasteiger partial charge in [0, 0.05) is 0 Å². The predicted octanol–water partition coefficient (Wildman–Crippen LogP) is 1.50. The zero-order chi connectivity index (χ0) is 9.52. The van der Waals surface area contributed by atoms with Gasteiger partial charge in [-0.2, -0.15) is 5.21 Å². The number of aryl methyl sites for hydroxylation is 2. The van der Waals surface area contributed by atoms with Gasteiger partial charge in [0.15, 0.2) is 5.82 Å².